The quantitative estimate of drug-likeness (QED) is 0.755. The first-order valence-corrected chi connectivity index (χ1v) is 7.00. The van der Waals surface area contributed by atoms with Crippen LogP contribution in [0.4, 0.5) is 0 Å². The molecule has 1 amide bonds. The van der Waals surface area contributed by atoms with E-state index in [1.807, 2.05) is 7.05 Å². The first kappa shape index (κ1) is 13.7. The Hall–Kier alpha value is -1.73. The minimum absolute atomic E-state index is 0.239. The molecule has 2 N–H and O–H groups in total. The second-order valence-corrected chi connectivity index (χ2v) is 4.97. The van der Waals surface area contributed by atoms with E-state index >= 15 is 0 Å². The molecule has 0 unspecified atom stereocenters. The average molecular weight is 280 g/mol. The van der Waals surface area contributed by atoms with E-state index < -0.39 is 0 Å². The van der Waals surface area contributed by atoms with Crippen LogP contribution in [0.5, 0.6) is 0 Å². The van der Waals surface area contributed by atoms with Crippen molar-refractivity contribution in [3.63, 3.8) is 0 Å². The van der Waals surface area contributed by atoms with E-state index in [1.54, 1.807) is 16.0 Å². The van der Waals surface area contributed by atoms with Gasteiger partial charge in [0, 0.05) is 24.2 Å². The molecular formula is C12H16N4O2S. The van der Waals surface area contributed by atoms with Crippen LogP contribution in [0.25, 0.3) is 4.96 Å². The third-order valence-electron chi connectivity index (χ3n) is 2.69. The van der Waals surface area contributed by atoms with Crippen molar-refractivity contribution in [2.45, 2.75) is 12.8 Å². The Kier molecular flexibility index (Phi) is 4.64. The Bertz CT molecular complexity index is 619. The van der Waals surface area contributed by atoms with Crippen LogP contribution in [0.15, 0.2) is 22.4 Å². The molecule has 0 aliphatic heterocycles. The monoisotopic (exact) mass is 280 g/mol. The number of hydrogen-bond acceptors (Lipinski definition) is 5. The molecule has 0 aliphatic rings. The molecule has 0 aromatic carbocycles. The SMILES string of the molecule is CNCCCCNC(=O)c1cc(=O)nc2sccn12. The minimum Gasteiger partial charge on any atom is -0.351 e. The standard InChI is InChI=1S/C12H16N4O2S/c1-13-4-2-3-5-14-11(18)9-8-10(17)15-12-16(9)6-7-19-12/h6-8,13H,2-5H2,1H3,(H,14,18). The summed E-state index contributed by atoms with van der Waals surface area (Å²) in [5.74, 6) is -0.239. The van der Waals surface area contributed by atoms with Crippen LogP contribution in [-0.4, -0.2) is 35.4 Å². The Morgan fingerprint density at radius 1 is 1.42 bits per heavy atom. The fourth-order valence-electron chi connectivity index (χ4n) is 1.74. The summed E-state index contributed by atoms with van der Waals surface area (Å²) in [6, 6.07) is 1.27. The highest BCUT2D eigenvalue weighted by molar-refractivity contribution is 7.15. The number of unbranched alkanes of at least 4 members (excludes halogenated alkanes) is 1. The van der Waals surface area contributed by atoms with Crippen LogP contribution in [-0.2, 0) is 0 Å². The highest BCUT2D eigenvalue weighted by Gasteiger charge is 2.11. The maximum atomic E-state index is 12.0. The number of nitrogens with zero attached hydrogens (tertiary/aromatic N) is 2. The zero-order valence-electron chi connectivity index (χ0n) is 10.7. The molecule has 0 saturated carbocycles. The zero-order chi connectivity index (χ0) is 13.7. The van der Waals surface area contributed by atoms with Crippen molar-refractivity contribution in [2.24, 2.45) is 0 Å². The lowest BCUT2D eigenvalue weighted by Gasteiger charge is -2.06. The molecule has 2 aromatic rings. The lowest BCUT2D eigenvalue weighted by Crippen LogP contribution is -2.28. The van der Waals surface area contributed by atoms with Gasteiger partial charge in [-0.15, -0.1) is 11.3 Å². The van der Waals surface area contributed by atoms with E-state index in [0.717, 1.165) is 19.4 Å². The molecule has 0 saturated heterocycles. The summed E-state index contributed by atoms with van der Waals surface area (Å²) in [7, 11) is 1.90. The number of thiazole rings is 1. The number of aromatic nitrogens is 2. The van der Waals surface area contributed by atoms with Crippen LogP contribution < -0.4 is 16.2 Å². The molecule has 2 heterocycles. The van der Waals surface area contributed by atoms with Gasteiger partial charge >= 0.3 is 0 Å². The highest BCUT2D eigenvalue weighted by Crippen LogP contribution is 2.09. The number of hydrogen-bond donors (Lipinski definition) is 2. The normalized spacial score (nSPS) is 10.8. The second-order valence-electron chi connectivity index (χ2n) is 4.10. The molecule has 0 aliphatic carbocycles. The van der Waals surface area contributed by atoms with Crippen molar-refractivity contribution in [3.8, 4) is 0 Å². The van der Waals surface area contributed by atoms with Gasteiger partial charge < -0.3 is 10.6 Å². The topological polar surface area (TPSA) is 75.5 Å². The first-order chi connectivity index (χ1) is 9.22. The second kappa shape index (κ2) is 6.44. The zero-order valence-corrected chi connectivity index (χ0v) is 11.5. The Labute approximate surface area is 114 Å². The summed E-state index contributed by atoms with van der Waals surface area (Å²) in [6.45, 7) is 1.53. The average Bonchev–Trinajstić information content (AvgIpc) is 2.85. The molecule has 6 nitrogen and oxygen atoms in total. The number of fused-ring (bicyclic) bond motifs is 1. The van der Waals surface area contributed by atoms with Gasteiger partial charge in [0.25, 0.3) is 11.5 Å². The fraction of sp³-hybridized carbons (Fsp3) is 0.417. The van der Waals surface area contributed by atoms with E-state index in [9.17, 15) is 9.59 Å². The summed E-state index contributed by atoms with van der Waals surface area (Å²) < 4.78 is 1.63. The van der Waals surface area contributed by atoms with Crippen molar-refractivity contribution < 1.29 is 4.79 Å². The predicted octanol–water partition coefficient (Wildman–Crippen LogP) is 0.485. The van der Waals surface area contributed by atoms with E-state index in [1.165, 1.54) is 17.4 Å². The van der Waals surface area contributed by atoms with Gasteiger partial charge in [0.05, 0.1) is 0 Å². The minimum atomic E-state index is -0.386. The first-order valence-electron chi connectivity index (χ1n) is 6.12. The smallest absolute Gasteiger partial charge is 0.274 e. The molecule has 0 bridgehead atoms. The lowest BCUT2D eigenvalue weighted by molar-refractivity contribution is 0.0946. The number of rotatable bonds is 6. The number of carbonyl (C=O) groups is 1. The Morgan fingerprint density at radius 2 is 2.21 bits per heavy atom. The van der Waals surface area contributed by atoms with Gasteiger partial charge in [-0.3, -0.25) is 14.0 Å². The van der Waals surface area contributed by atoms with Crippen molar-refractivity contribution in [1.82, 2.24) is 20.0 Å². The van der Waals surface area contributed by atoms with Crippen molar-refractivity contribution in [3.05, 3.63) is 33.7 Å². The molecule has 0 fully saturated rings. The fourth-order valence-corrected chi connectivity index (χ4v) is 2.46. The van der Waals surface area contributed by atoms with E-state index in [4.69, 9.17) is 0 Å². The molecule has 0 atom stereocenters. The van der Waals surface area contributed by atoms with E-state index in [2.05, 4.69) is 15.6 Å². The summed E-state index contributed by atoms with van der Waals surface area (Å²) in [6.07, 6.45) is 3.64. The van der Waals surface area contributed by atoms with Gasteiger partial charge in [-0.1, -0.05) is 0 Å². The third kappa shape index (κ3) is 3.39. The molecule has 0 spiro atoms. The third-order valence-corrected chi connectivity index (χ3v) is 3.44. The highest BCUT2D eigenvalue weighted by atomic mass is 32.1. The predicted molar refractivity (Wildman–Crippen MR) is 74.8 cm³/mol. The molecule has 0 radical (unpaired) electrons. The largest absolute Gasteiger partial charge is 0.351 e. The molecule has 102 valence electrons. The van der Waals surface area contributed by atoms with Crippen LogP contribution >= 0.6 is 11.3 Å². The van der Waals surface area contributed by atoms with Gasteiger partial charge in [-0.25, -0.2) is 0 Å². The molecule has 7 heteroatoms. The Morgan fingerprint density at radius 3 is 3.00 bits per heavy atom. The maximum Gasteiger partial charge on any atom is 0.274 e. The summed E-state index contributed by atoms with van der Waals surface area (Å²) >= 11 is 1.33. The maximum absolute atomic E-state index is 12.0. The van der Waals surface area contributed by atoms with Gasteiger partial charge in [-0.2, -0.15) is 4.98 Å². The number of amides is 1. The van der Waals surface area contributed by atoms with Crippen LogP contribution in [0.2, 0.25) is 0 Å². The number of nitrogens with one attached hydrogen (secondary N) is 2. The van der Waals surface area contributed by atoms with E-state index in [0.29, 0.717) is 17.2 Å². The van der Waals surface area contributed by atoms with Crippen molar-refractivity contribution >= 4 is 22.2 Å². The van der Waals surface area contributed by atoms with Crippen molar-refractivity contribution in [2.75, 3.05) is 20.1 Å². The van der Waals surface area contributed by atoms with Gasteiger partial charge in [0.15, 0.2) is 4.96 Å². The van der Waals surface area contributed by atoms with E-state index in [-0.39, 0.29) is 11.5 Å². The molecule has 19 heavy (non-hydrogen) atoms. The molecular weight excluding hydrogens is 264 g/mol. The van der Waals surface area contributed by atoms with Crippen LogP contribution in [0.3, 0.4) is 0 Å². The molecule has 2 aromatic heterocycles. The van der Waals surface area contributed by atoms with Gasteiger partial charge in [-0.05, 0) is 26.4 Å². The Balaban J connectivity index is 2.05. The number of carbonyl (C=O) groups excluding carboxylic acids is 1. The van der Waals surface area contributed by atoms with Gasteiger partial charge in [0.2, 0.25) is 0 Å². The summed E-state index contributed by atoms with van der Waals surface area (Å²) in [5.41, 5.74) is -0.0485. The van der Waals surface area contributed by atoms with Crippen molar-refractivity contribution in [1.29, 1.82) is 0 Å². The summed E-state index contributed by atoms with van der Waals surface area (Å²) in [4.78, 5) is 27.8. The van der Waals surface area contributed by atoms with Gasteiger partial charge in [0.1, 0.15) is 5.69 Å². The van der Waals surface area contributed by atoms with Crippen LogP contribution in [0, 0.1) is 0 Å². The molecule has 2 rings (SSSR count). The lowest BCUT2D eigenvalue weighted by atomic mass is 10.3. The summed E-state index contributed by atoms with van der Waals surface area (Å²) in [5, 5.41) is 7.67. The van der Waals surface area contributed by atoms with Crippen LogP contribution in [0.1, 0.15) is 23.3 Å².